The fraction of sp³-hybridized carbons (Fsp3) is 0.647. The summed E-state index contributed by atoms with van der Waals surface area (Å²) in [6.07, 6.45) is 0. The van der Waals surface area contributed by atoms with Gasteiger partial charge in [-0.15, -0.1) is 0 Å². The first-order valence-corrected chi connectivity index (χ1v) is 7.33. The Labute approximate surface area is 118 Å². The summed E-state index contributed by atoms with van der Waals surface area (Å²) < 4.78 is 0. The highest BCUT2D eigenvalue weighted by Crippen LogP contribution is 2.34. The zero-order valence-electron chi connectivity index (χ0n) is 13.2. The van der Waals surface area contributed by atoms with Crippen LogP contribution in [0.2, 0.25) is 0 Å². The first-order valence-electron chi connectivity index (χ1n) is 7.33. The first-order chi connectivity index (χ1) is 8.79. The monoisotopic (exact) mass is 263 g/mol. The van der Waals surface area contributed by atoms with Crippen molar-refractivity contribution in [1.29, 1.82) is 0 Å². The lowest BCUT2D eigenvalue weighted by molar-refractivity contribution is 0.266. The van der Waals surface area contributed by atoms with Crippen LogP contribution in [0.15, 0.2) is 12.1 Å². The third kappa shape index (κ3) is 3.58. The SMILES string of the molecule is CC(C)c1cc(C(C)C)c([C@@H](N)CO)c(C(C)C)c1. The normalized spacial score (nSPS) is 13.6. The second-order valence-electron chi connectivity index (χ2n) is 6.37. The van der Waals surface area contributed by atoms with Crippen LogP contribution in [-0.2, 0) is 0 Å². The molecule has 1 atom stereocenters. The first kappa shape index (κ1) is 16.2. The van der Waals surface area contributed by atoms with Gasteiger partial charge < -0.3 is 10.8 Å². The van der Waals surface area contributed by atoms with Gasteiger partial charge in [0, 0.05) is 0 Å². The van der Waals surface area contributed by atoms with E-state index < -0.39 is 0 Å². The molecule has 0 spiro atoms. The van der Waals surface area contributed by atoms with Gasteiger partial charge in [-0.05, 0) is 40.0 Å². The van der Waals surface area contributed by atoms with Crippen LogP contribution >= 0.6 is 0 Å². The van der Waals surface area contributed by atoms with Crippen molar-refractivity contribution in [1.82, 2.24) is 0 Å². The van der Waals surface area contributed by atoms with E-state index in [0.717, 1.165) is 5.56 Å². The van der Waals surface area contributed by atoms with Crippen molar-refractivity contribution in [3.05, 3.63) is 34.4 Å². The van der Waals surface area contributed by atoms with E-state index in [1.54, 1.807) is 0 Å². The summed E-state index contributed by atoms with van der Waals surface area (Å²) in [5, 5.41) is 9.45. The number of hydrogen-bond donors (Lipinski definition) is 2. The predicted octanol–water partition coefficient (Wildman–Crippen LogP) is 4.05. The average molecular weight is 263 g/mol. The Morgan fingerprint density at radius 3 is 1.58 bits per heavy atom. The molecule has 0 aromatic heterocycles. The third-order valence-electron chi connectivity index (χ3n) is 3.74. The van der Waals surface area contributed by atoms with Gasteiger partial charge in [0.05, 0.1) is 12.6 Å². The molecule has 0 saturated carbocycles. The molecule has 0 heterocycles. The zero-order valence-corrected chi connectivity index (χ0v) is 13.2. The van der Waals surface area contributed by atoms with Crippen LogP contribution < -0.4 is 5.73 Å². The van der Waals surface area contributed by atoms with Crippen molar-refractivity contribution < 1.29 is 5.11 Å². The van der Waals surface area contributed by atoms with E-state index >= 15 is 0 Å². The van der Waals surface area contributed by atoms with Gasteiger partial charge in [0.15, 0.2) is 0 Å². The molecule has 0 aliphatic carbocycles. The van der Waals surface area contributed by atoms with Crippen LogP contribution in [0.3, 0.4) is 0 Å². The summed E-state index contributed by atoms with van der Waals surface area (Å²) in [5.74, 6) is 1.35. The minimum atomic E-state index is -0.281. The highest BCUT2D eigenvalue weighted by molar-refractivity contribution is 5.45. The summed E-state index contributed by atoms with van der Waals surface area (Å²) >= 11 is 0. The van der Waals surface area contributed by atoms with Crippen molar-refractivity contribution in [3.8, 4) is 0 Å². The molecule has 0 saturated heterocycles. The molecule has 0 amide bonds. The maximum absolute atomic E-state index is 9.45. The van der Waals surface area contributed by atoms with Gasteiger partial charge in [0.2, 0.25) is 0 Å². The minimum absolute atomic E-state index is 0.000462. The Morgan fingerprint density at radius 1 is 0.895 bits per heavy atom. The number of nitrogens with two attached hydrogens (primary N) is 1. The van der Waals surface area contributed by atoms with E-state index in [1.165, 1.54) is 16.7 Å². The maximum atomic E-state index is 9.45. The molecular formula is C17H29NO. The molecule has 0 radical (unpaired) electrons. The van der Waals surface area contributed by atoms with Crippen LogP contribution in [-0.4, -0.2) is 11.7 Å². The molecule has 19 heavy (non-hydrogen) atoms. The number of aliphatic hydroxyl groups excluding tert-OH is 1. The summed E-state index contributed by atoms with van der Waals surface area (Å²) in [7, 11) is 0. The van der Waals surface area contributed by atoms with E-state index in [1.807, 2.05) is 0 Å². The van der Waals surface area contributed by atoms with E-state index in [9.17, 15) is 5.11 Å². The quantitative estimate of drug-likeness (QED) is 0.842. The minimum Gasteiger partial charge on any atom is -0.394 e. The largest absolute Gasteiger partial charge is 0.394 e. The summed E-state index contributed by atoms with van der Waals surface area (Å²) in [5.41, 5.74) is 11.2. The Kier molecular flexibility index (Phi) is 5.57. The second-order valence-corrected chi connectivity index (χ2v) is 6.37. The number of aliphatic hydroxyl groups is 1. The fourth-order valence-corrected chi connectivity index (χ4v) is 2.53. The van der Waals surface area contributed by atoms with Crippen LogP contribution in [0.4, 0.5) is 0 Å². The summed E-state index contributed by atoms with van der Waals surface area (Å²) in [4.78, 5) is 0. The molecule has 1 aromatic carbocycles. The molecule has 1 rings (SSSR count). The molecule has 2 nitrogen and oxygen atoms in total. The maximum Gasteiger partial charge on any atom is 0.0624 e. The number of benzene rings is 1. The lowest BCUT2D eigenvalue weighted by Crippen LogP contribution is -2.20. The van der Waals surface area contributed by atoms with Crippen molar-refractivity contribution in [2.75, 3.05) is 6.61 Å². The van der Waals surface area contributed by atoms with Gasteiger partial charge in [-0.3, -0.25) is 0 Å². The molecule has 0 unspecified atom stereocenters. The zero-order chi connectivity index (χ0) is 14.7. The predicted molar refractivity (Wildman–Crippen MR) is 82.7 cm³/mol. The topological polar surface area (TPSA) is 46.2 Å². The van der Waals surface area contributed by atoms with Gasteiger partial charge >= 0.3 is 0 Å². The average Bonchev–Trinajstić information content (AvgIpc) is 2.35. The smallest absolute Gasteiger partial charge is 0.0624 e. The lowest BCUT2D eigenvalue weighted by Gasteiger charge is -2.25. The number of rotatable bonds is 5. The number of hydrogen-bond acceptors (Lipinski definition) is 2. The van der Waals surface area contributed by atoms with Gasteiger partial charge in [0.1, 0.15) is 0 Å². The lowest BCUT2D eigenvalue weighted by atomic mass is 9.82. The van der Waals surface area contributed by atoms with Crippen LogP contribution in [0.1, 0.15) is 87.6 Å². The van der Waals surface area contributed by atoms with E-state index in [-0.39, 0.29) is 12.6 Å². The Morgan fingerprint density at radius 2 is 1.32 bits per heavy atom. The highest BCUT2D eigenvalue weighted by Gasteiger charge is 2.20. The summed E-state index contributed by atoms with van der Waals surface area (Å²) in [6, 6.07) is 4.26. The third-order valence-corrected chi connectivity index (χ3v) is 3.74. The van der Waals surface area contributed by atoms with Gasteiger partial charge in [-0.1, -0.05) is 53.7 Å². The van der Waals surface area contributed by atoms with Crippen molar-refractivity contribution in [2.24, 2.45) is 5.73 Å². The molecule has 0 aliphatic rings. The van der Waals surface area contributed by atoms with Gasteiger partial charge in [-0.25, -0.2) is 0 Å². The standard InChI is InChI=1S/C17H29NO/c1-10(2)13-7-14(11(3)4)17(16(18)9-19)15(8-13)12(5)6/h7-8,10-12,16,19H,9,18H2,1-6H3/t16-/m0/s1. The molecule has 1 aromatic rings. The van der Waals surface area contributed by atoms with Gasteiger partial charge in [0.25, 0.3) is 0 Å². The van der Waals surface area contributed by atoms with Crippen molar-refractivity contribution in [2.45, 2.75) is 65.3 Å². The second kappa shape index (κ2) is 6.53. The van der Waals surface area contributed by atoms with Crippen molar-refractivity contribution in [3.63, 3.8) is 0 Å². The van der Waals surface area contributed by atoms with E-state index in [4.69, 9.17) is 5.73 Å². The van der Waals surface area contributed by atoms with E-state index in [0.29, 0.717) is 17.8 Å². The van der Waals surface area contributed by atoms with Crippen LogP contribution in [0.5, 0.6) is 0 Å². The molecule has 0 fully saturated rings. The Hall–Kier alpha value is -0.860. The molecule has 3 N–H and O–H groups in total. The molecule has 0 bridgehead atoms. The summed E-state index contributed by atoms with van der Waals surface area (Å²) in [6.45, 7) is 13.2. The Balaban J connectivity index is 3.55. The van der Waals surface area contributed by atoms with Crippen LogP contribution in [0.25, 0.3) is 0 Å². The molecule has 108 valence electrons. The fourth-order valence-electron chi connectivity index (χ4n) is 2.53. The molecular weight excluding hydrogens is 234 g/mol. The molecule has 0 aliphatic heterocycles. The van der Waals surface area contributed by atoms with Crippen LogP contribution in [0, 0.1) is 0 Å². The van der Waals surface area contributed by atoms with Crippen molar-refractivity contribution >= 4 is 0 Å². The van der Waals surface area contributed by atoms with E-state index in [2.05, 4.69) is 53.7 Å². The van der Waals surface area contributed by atoms with Gasteiger partial charge in [-0.2, -0.15) is 0 Å². The highest BCUT2D eigenvalue weighted by atomic mass is 16.3. The molecule has 2 heteroatoms. The Bertz CT molecular complexity index is 392.